The summed E-state index contributed by atoms with van der Waals surface area (Å²) >= 11 is 0. The number of rotatable bonds is 4. The van der Waals surface area contributed by atoms with Gasteiger partial charge in [0.05, 0.1) is 17.4 Å². The summed E-state index contributed by atoms with van der Waals surface area (Å²) in [6.45, 7) is 6.67. The number of hydrazone groups is 1. The fraction of sp³-hybridized carbons (Fsp3) is 0.167. The van der Waals surface area contributed by atoms with Crippen molar-refractivity contribution in [2.24, 2.45) is 5.10 Å². The predicted octanol–water partition coefficient (Wildman–Crippen LogP) is 5.74. The van der Waals surface area contributed by atoms with E-state index in [0.717, 1.165) is 28.3 Å². The summed E-state index contributed by atoms with van der Waals surface area (Å²) in [5.74, 6) is 0.914. The molecule has 0 saturated carbocycles. The SMILES string of the molecule is CC(C)(C)c1ccc(-c2nc(C=NNc3ccccc3)c3ccccn23)cc1. The van der Waals surface area contributed by atoms with Crippen molar-refractivity contribution in [3.8, 4) is 11.4 Å². The second kappa shape index (κ2) is 7.31. The number of para-hydroxylation sites is 1. The number of nitrogens with zero attached hydrogens (tertiary/aromatic N) is 3. The second-order valence-electron chi connectivity index (χ2n) is 7.84. The summed E-state index contributed by atoms with van der Waals surface area (Å²) in [5.41, 5.74) is 8.38. The number of pyridine rings is 1. The van der Waals surface area contributed by atoms with Crippen molar-refractivity contribution in [3.05, 3.63) is 90.3 Å². The van der Waals surface area contributed by atoms with E-state index in [4.69, 9.17) is 4.98 Å². The molecule has 0 spiro atoms. The van der Waals surface area contributed by atoms with Gasteiger partial charge >= 0.3 is 0 Å². The van der Waals surface area contributed by atoms with Crippen molar-refractivity contribution in [1.29, 1.82) is 0 Å². The van der Waals surface area contributed by atoms with Gasteiger partial charge in [0.2, 0.25) is 0 Å². The number of hydrogen-bond donors (Lipinski definition) is 1. The van der Waals surface area contributed by atoms with E-state index in [-0.39, 0.29) is 5.41 Å². The molecule has 0 aliphatic carbocycles. The number of hydrogen-bond acceptors (Lipinski definition) is 3. The summed E-state index contributed by atoms with van der Waals surface area (Å²) in [7, 11) is 0. The van der Waals surface area contributed by atoms with Crippen molar-refractivity contribution < 1.29 is 0 Å². The third kappa shape index (κ3) is 3.67. The van der Waals surface area contributed by atoms with Gasteiger partial charge < -0.3 is 0 Å². The van der Waals surface area contributed by atoms with Crippen LogP contribution in [-0.4, -0.2) is 15.6 Å². The van der Waals surface area contributed by atoms with Gasteiger partial charge in [0.15, 0.2) is 0 Å². The Bertz CT molecular complexity index is 1100. The number of aromatic nitrogens is 2. The Labute approximate surface area is 165 Å². The molecule has 0 saturated heterocycles. The van der Waals surface area contributed by atoms with Crippen molar-refractivity contribution in [2.75, 3.05) is 5.43 Å². The van der Waals surface area contributed by atoms with Gasteiger partial charge in [-0.2, -0.15) is 5.10 Å². The van der Waals surface area contributed by atoms with Crippen LogP contribution in [0.4, 0.5) is 5.69 Å². The quantitative estimate of drug-likeness (QED) is 0.368. The molecule has 2 aromatic carbocycles. The highest BCUT2D eigenvalue weighted by molar-refractivity contribution is 5.89. The van der Waals surface area contributed by atoms with Crippen LogP contribution < -0.4 is 5.43 Å². The first-order valence-electron chi connectivity index (χ1n) is 9.44. The Morgan fingerprint density at radius 3 is 2.32 bits per heavy atom. The molecule has 0 fully saturated rings. The Balaban J connectivity index is 1.68. The Morgan fingerprint density at radius 2 is 1.61 bits per heavy atom. The van der Waals surface area contributed by atoms with E-state index in [1.165, 1.54) is 5.56 Å². The van der Waals surface area contributed by atoms with Crippen LogP contribution in [0.3, 0.4) is 0 Å². The number of fused-ring (bicyclic) bond motifs is 1. The summed E-state index contributed by atoms with van der Waals surface area (Å²) in [4.78, 5) is 4.86. The van der Waals surface area contributed by atoms with Crippen LogP contribution in [0.15, 0.2) is 84.1 Å². The van der Waals surface area contributed by atoms with E-state index in [1.54, 1.807) is 6.21 Å². The summed E-state index contributed by atoms with van der Waals surface area (Å²) < 4.78 is 2.11. The second-order valence-corrected chi connectivity index (χ2v) is 7.84. The van der Waals surface area contributed by atoms with Gasteiger partial charge in [0.25, 0.3) is 0 Å². The van der Waals surface area contributed by atoms with Gasteiger partial charge in [-0.15, -0.1) is 0 Å². The predicted molar refractivity (Wildman–Crippen MR) is 117 cm³/mol. The molecule has 2 heterocycles. The molecule has 1 N–H and O–H groups in total. The molecule has 0 bridgehead atoms. The summed E-state index contributed by atoms with van der Waals surface area (Å²) in [6.07, 6.45) is 3.81. The molecule has 0 amide bonds. The van der Waals surface area contributed by atoms with Gasteiger partial charge in [0.1, 0.15) is 11.5 Å². The van der Waals surface area contributed by atoms with Crippen LogP contribution >= 0.6 is 0 Å². The highest BCUT2D eigenvalue weighted by Gasteiger charge is 2.15. The van der Waals surface area contributed by atoms with Gasteiger partial charge in [-0.3, -0.25) is 9.83 Å². The van der Waals surface area contributed by atoms with E-state index >= 15 is 0 Å². The first kappa shape index (κ1) is 18.0. The molecule has 0 aliphatic rings. The minimum absolute atomic E-state index is 0.133. The average molecular weight is 368 g/mol. The van der Waals surface area contributed by atoms with Crippen LogP contribution in [0.5, 0.6) is 0 Å². The minimum Gasteiger partial charge on any atom is -0.299 e. The standard InChI is InChI=1S/C24H24N4/c1-24(2,3)19-14-12-18(13-15-19)23-26-21(22-11-7-8-16-28(22)23)17-25-27-20-9-5-4-6-10-20/h4-17,27H,1-3H3. The van der Waals surface area contributed by atoms with E-state index in [2.05, 4.69) is 66.0 Å². The lowest BCUT2D eigenvalue weighted by Crippen LogP contribution is -2.10. The normalized spacial score (nSPS) is 12.0. The van der Waals surface area contributed by atoms with Gasteiger partial charge in [-0.05, 0) is 35.2 Å². The van der Waals surface area contributed by atoms with Crippen LogP contribution in [0.2, 0.25) is 0 Å². The topological polar surface area (TPSA) is 41.7 Å². The number of imidazole rings is 1. The third-order valence-corrected chi connectivity index (χ3v) is 4.74. The van der Waals surface area contributed by atoms with Crippen LogP contribution in [-0.2, 0) is 5.41 Å². The van der Waals surface area contributed by atoms with Gasteiger partial charge in [-0.25, -0.2) is 4.98 Å². The zero-order valence-electron chi connectivity index (χ0n) is 16.4. The smallest absolute Gasteiger partial charge is 0.145 e. The van der Waals surface area contributed by atoms with Gasteiger partial charge in [0, 0.05) is 11.8 Å². The zero-order valence-corrected chi connectivity index (χ0v) is 16.4. The molecule has 2 aromatic heterocycles. The maximum absolute atomic E-state index is 4.86. The first-order chi connectivity index (χ1) is 13.5. The molecule has 4 heteroatoms. The molecule has 140 valence electrons. The molecular weight excluding hydrogens is 344 g/mol. The minimum atomic E-state index is 0.133. The van der Waals surface area contributed by atoms with Crippen LogP contribution in [0.25, 0.3) is 16.9 Å². The van der Waals surface area contributed by atoms with Crippen molar-refractivity contribution in [1.82, 2.24) is 9.38 Å². The summed E-state index contributed by atoms with van der Waals surface area (Å²) in [6, 6.07) is 24.6. The first-order valence-corrected chi connectivity index (χ1v) is 9.44. The lowest BCUT2D eigenvalue weighted by atomic mass is 9.87. The van der Waals surface area contributed by atoms with Crippen molar-refractivity contribution >= 4 is 17.4 Å². The van der Waals surface area contributed by atoms with Gasteiger partial charge in [-0.1, -0.05) is 69.3 Å². The Hall–Kier alpha value is -3.40. The molecule has 28 heavy (non-hydrogen) atoms. The molecule has 0 atom stereocenters. The highest BCUT2D eigenvalue weighted by Crippen LogP contribution is 2.27. The maximum Gasteiger partial charge on any atom is 0.145 e. The monoisotopic (exact) mass is 368 g/mol. The van der Waals surface area contributed by atoms with Crippen LogP contribution in [0.1, 0.15) is 32.0 Å². The number of nitrogens with one attached hydrogen (secondary N) is 1. The van der Waals surface area contributed by atoms with Crippen molar-refractivity contribution in [3.63, 3.8) is 0 Å². The fourth-order valence-corrected chi connectivity index (χ4v) is 3.16. The maximum atomic E-state index is 4.86. The zero-order chi connectivity index (χ0) is 19.6. The molecular formula is C24H24N4. The van der Waals surface area contributed by atoms with E-state index < -0.39 is 0 Å². The molecule has 4 aromatic rings. The number of anilines is 1. The number of benzene rings is 2. The molecule has 0 aliphatic heterocycles. The van der Waals surface area contributed by atoms with E-state index in [0.29, 0.717) is 0 Å². The lowest BCUT2D eigenvalue weighted by molar-refractivity contribution is 0.590. The molecule has 0 radical (unpaired) electrons. The fourth-order valence-electron chi connectivity index (χ4n) is 3.16. The molecule has 4 rings (SSSR count). The van der Waals surface area contributed by atoms with Crippen molar-refractivity contribution in [2.45, 2.75) is 26.2 Å². The van der Waals surface area contributed by atoms with E-state index in [9.17, 15) is 0 Å². The van der Waals surface area contributed by atoms with E-state index in [1.807, 2.05) is 48.7 Å². The highest BCUT2D eigenvalue weighted by atomic mass is 15.3. The van der Waals surface area contributed by atoms with Crippen LogP contribution in [0, 0.1) is 0 Å². The third-order valence-electron chi connectivity index (χ3n) is 4.74. The summed E-state index contributed by atoms with van der Waals surface area (Å²) in [5, 5.41) is 4.36. The average Bonchev–Trinajstić information content (AvgIpc) is 3.07. The largest absolute Gasteiger partial charge is 0.299 e. The Morgan fingerprint density at radius 1 is 0.893 bits per heavy atom. The molecule has 4 nitrogen and oxygen atoms in total. The lowest BCUT2D eigenvalue weighted by Gasteiger charge is -2.19. The Kier molecular flexibility index (Phi) is 4.70. The molecule has 0 unspecified atom stereocenters.